The quantitative estimate of drug-likeness (QED) is 0.412. The van der Waals surface area contributed by atoms with E-state index in [1.54, 1.807) is 48.5 Å². The van der Waals surface area contributed by atoms with Crippen LogP contribution in [0.25, 0.3) is 0 Å². The Labute approximate surface area is 150 Å². The zero-order valence-corrected chi connectivity index (χ0v) is 13.9. The lowest BCUT2D eigenvalue weighted by molar-refractivity contribution is -0.130. The van der Waals surface area contributed by atoms with E-state index in [1.165, 1.54) is 0 Å². The van der Waals surface area contributed by atoms with E-state index >= 15 is 0 Å². The second kappa shape index (κ2) is 8.29. The number of esters is 2. The first-order chi connectivity index (χ1) is 12.7. The van der Waals surface area contributed by atoms with Crippen LogP contribution in [0.1, 0.15) is 20.7 Å². The highest BCUT2D eigenvalue weighted by molar-refractivity contribution is 5.89. The molecule has 3 rings (SSSR count). The molecule has 0 saturated heterocycles. The van der Waals surface area contributed by atoms with Crippen LogP contribution in [-0.4, -0.2) is 37.7 Å². The molecule has 0 N–H and O–H groups in total. The van der Waals surface area contributed by atoms with Crippen molar-refractivity contribution in [2.24, 2.45) is 11.8 Å². The van der Waals surface area contributed by atoms with Crippen LogP contribution in [0.3, 0.4) is 0 Å². The van der Waals surface area contributed by atoms with Crippen LogP contribution in [0.15, 0.2) is 60.7 Å². The molecule has 0 aliphatic heterocycles. The molecular formula is C20H18O6. The Morgan fingerprint density at radius 3 is 1.58 bits per heavy atom. The third-order valence-corrected chi connectivity index (χ3v) is 4.30. The number of ether oxygens (including phenoxy) is 3. The molecular weight excluding hydrogens is 336 g/mol. The molecule has 6 heteroatoms. The summed E-state index contributed by atoms with van der Waals surface area (Å²) in [5, 5.41) is 0. The number of benzene rings is 2. The molecule has 6 nitrogen and oxygen atoms in total. The maximum absolute atomic E-state index is 12.0. The standard InChI is InChI=1S/C20H18O6/c21-13-26-18-16(11-24-19(22)14-7-3-1-4-8-14)17(18)12-25-20(23)15-9-5-2-6-10-15/h1-10,13,16-18H,11-12H2. The van der Waals surface area contributed by atoms with E-state index in [4.69, 9.17) is 14.2 Å². The molecule has 2 aromatic rings. The molecule has 0 amide bonds. The summed E-state index contributed by atoms with van der Waals surface area (Å²) in [5.74, 6) is -1.25. The molecule has 1 fully saturated rings. The molecule has 0 spiro atoms. The summed E-state index contributed by atoms with van der Waals surface area (Å²) >= 11 is 0. The molecule has 0 radical (unpaired) electrons. The van der Waals surface area contributed by atoms with Crippen LogP contribution in [0.5, 0.6) is 0 Å². The van der Waals surface area contributed by atoms with Crippen LogP contribution in [-0.2, 0) is 19.0 Å². The number of carbonyl (C=O) groups is 3. The zero-order valence-electron chi connectivity index (χ0n) is 13.9. The Morgan fingerprint density at radius 2 is 1.19 bits per heavy atom. The van der Waals surface area contributed by atoms with Crippen LogP contribution in [0, 0.1) is 11.8 Å². The topological polar surface area (TPSA) is 78.9 Å². The van der Waals surface area contributed by atoms with Gasteiger partial charge in [0.2, 0.25) is 0 Å². The van der Waals surface area contributed by atoms with Crippen LogP contribution in [0.4, 0.5) is 0 Å². The van der Waals surface area contributed by atoms with Crippen molar-refractivity contribution in [3.8, 4) is 0 Å². The van der Waals surface area contributed by atoms with Gasteiger partial charge in [0.15, 0.2) is 0 Å². The number of hydrogen-bond donors (Lipinski definition) is 0. The minimum absolute atomic E-state index is 0.0970. The minimum atomic E-state index is -0.442. The van der Waals surface area contributed by atoms with E-state index in [0.717, 1.165) is 0 Å². The van der Waals surface area contributed by atoms with Gasteiger partial charge < -0.3 is 14.2 Å². The predicted molar refractivity (Wildman–Crippen MR) is 91.4 cm³/mol. The van der Waals surface area contributed by atoms with Crippen LogP contribution >= 0.6 is 0 Å². The molecule has 26 heavy (non-hydrogen) atoms. The van der Waals surface area contributed by atoms with Gasteiger partial charge in [0.25, 0.3) is 6.47 Å². The van der Waals surface area contributed by atoms with Crippen molar-refractivity contribution in [1.29, 1.82) is 0 Å². The molecule has 2 unspecified atom stereocenters. The summed E-state index contributed by atoms with van der Waals surface area (Å²) in [5.41, 5.74) is 0.904. The van der Waals surface area contributed by atoms with Gasteiger partial charge in [0, 0.05) is 11.8 Å². The summed E-state index contributed by atoms with van der Waals surface area (Å²) in [6.07, 6.45) is -0.417. The lowest BCUT2D eigenvalue weighted by Gasteiger charge is -2.05. The molecule has 2 atom stereocenters. The van der Waals surface area contributed by atoms with Gasteiger partial charge in [0.05, 0.1) is 24.3 Å². The van der Waals surface area contributed by atoms with Crippen molar-refractivity contribution >= 4 is 18.4 Å². The fraction of sp³-hybridized carbons (Fsp3) is 0.250. The number of carbonyl (C=O) groups excluding carboxylic acids is 3. The van der Waals surface area contributed by atoms with E-state index in [1.807, 2.05) is 12.1 Å². The van der Waals surface area contributed by atoms with Crippen molar-refractivity contribution in [3.63, 3.8) is 0 Å². The predicted octanol–water partition coefficient (Wildman–Crippen LogP) is 2.49. The summed E-state index contributed by atoms with van der Waals surface area (Å²) in [4.78, 5) is 34.6. The fourth-order valence-corrected chi connectivity index (χ4v) is 2.77. The molecule has 134 valence electrons. The highest BCUT2D eigenvalue weighted by Gasteiger charge is 2.54. The highest BCUT2D eigenvalue weighted by atomic mass is 16.6. The smallest absolute Gasteiger partial charge is 0.338 e. The van der Waals surface area contributed by atoms with E-state index in [9.17, 15) is 14.4 Å². The second-order valence-electron chi connectivity index (χ2n) is 5.95. The molecule has 0 bridgehead atoms. The lowest BCUT2D eigenvalue weighted by atomic mass is 10.2. The minimum Gasteiger partial charge on any atom is -0.464 e. The number of hydrogen-bond acceptors (Lipinski definition) is 6. The number of rotatable bonds is 8. The highest BCUT2D eigenvalue weighted by Crippen LogP contribution is 2.42. The summed E-state index contributed by atoms with van der Waals surface area (Å²) in [6.45, 7) is 0.551. The first-order valence-electron chi connectivity index (χ1n) is 8.24. The van der Waals surface area contributed by atoms with Gasteiger partial charge >= 0.3 is 11.9 Å². The van der Waals surface area contributed by atoms with Gasteiger partial charge in [-0.1, -0.05) is 36.4 Å². The first kappa shape index (κ1) is 17.7. The Kier molecular flexibility index (Phi) is 5.63. The van der Waals surface area contributed by atoms with Gasteiger partial charge in [-0.05, 0) is 24.3 Å². The van der Waals surface area contributed by atoms with E-state index in [2.05, 4.69) is 0 Å². The molecule has 1 aliphatic carbocycles. The van der Waals surface area contributed by atoms with Crippen molar-refractivity contribution in [2.45, 2.75) is 6.10 Å². The lowest BCUT2D eigenvalue weighted by Crippen LogP contribution is -2.11. The largest absolute Gasteiger partial charge is 0.464 e. The summed E-state index contributed by atoms with van der Waals surface area (Å²) in [6, 6.07) is 17.2. The SMILES string of the molecule is O=COC1C(COC(=O)c2ccccc2)C1COC(=O)c1ccccc1. The first-order valence-corrected chi connectivity index (χ1v) is 8.24. The summed E-state index contributed by atoms with van der Waals surface area (Å²) in [7, 11) is 0. The van der Waals surface area contributed by atoms with Crippen molar-refractivity contribution in [2.75, 3.05) is 13.2 Å². The normalized spacial score (nSPS) is 20.7. The van der Waals surface area contributed by atoms with Gasteiger partial charge in [-0.15, -0.1) is 0 Å². The van der Waals surface area contributed by atoms with Gasteiger partial charge in [-0.25, -0.2) is 9.59 Å². The molecule has 0 aromatic heterocycles. The molecule has 0 heterocycles. The maximum Gasteiger partial charge on any atom is 0.338 e. The van der Waals surface area contributed by atoms with E-state index in [-0.39, 0.29) is 25.0 Å². The van der Waals surface area contributed by atoms with E-state index < -0.39 is 18.0 Å². The molecule has 1 aliphatic rings. The zero-order chi connectivity index (χ0) is 18.4. The van der Waals surface area contributed by atoms with Crippen molar-refractivity contribution in [1.82, 2.24) is 0 Å². The van der Waals surface area contributed by atoms with Gasteiger partial charge in [0.1, 0.15) is 6.10 Å². The third kappa shape index (κ3) is 4.27. The second-order valence-corrected chi connectivity index (χ2v) is 5.95. The van der Waals surface area contributed by atoms with Crippen molar-refractivity contribution < 1.29 is 28.6 Å². The Morgan fingerprint density at radius 1 is 0.769 bits per heavy atom. The maximum atomic E-state index is 12.0. The van der Waals surface area contributed by atoms with Crippen LogP contribution < -0.4 is 0 Å². The molecule has 2 aromatic carbocycles. The van der Waals surface area contributed by atoms with Crippen LogP contribution in [0.2, 0.25) is 0 Å². The fourth-order valence-electron chi connectivity index (χ4n) is 2.77. The Bertz CT molecular complexity index is 697. The molecule has 1 saturated carbocycles. The Balaban J connectivity index is 1.50. The Hall–Kier alpha value is -3.15. The monoisotopic (exact) mass is 354 g/mol. The average molecular weight is 354 g/mol. The van der Waals surface area contributed by atoms with Gasteiger partial charge in [-0.2, -0.15) is 0 Å². The summed E-state index contributed by atoms with van der Waals surface area (Å²) < 4.78 is 15.5. The van der Waals surface area contributed by atoms with Gasteiger partial charge in [-0.3, -0.25) is 4.79 Å². The third-order valence-electron chi connectivity index (χ3n) is 4.30. The van der Waals surface area contributed by atoms with Crippen molar-refractivity contribution in [3.05, 3.63) is 71.8 Å². The van der Waals surface area contributed by atoms with E-state index in [0.29, 0.717) is 17.6 Å². The average Bonchev–Trinajstić information content (AvgIpc) is 3.36.